The second kappa shape index (κ2) is 9.84. The standard InChI is InChI=1S/C22H22F2N6OS2/c1-14-26-27-21(32-14)30-22(15-7-4-3-5-8-15,12-6-9-19(25)29-31-2)33-20(28-30)17-13-16(23)10-11-18(17)24/h3-5,7-8,10-11,13H,6,9,12H2,1-2H3,(H2,25,29). The van der Waals surface area contributed by atoms with Crippen LogP contribution in [0.2, 0.25) is 0 Å². The van der Waals surface area contributed by atoms with Crippen LogP contribution in [0.1, 0.15) is 35.4 Å². The van der Waals surface area contributed by atoms with E-state index in [0.29, 0.717) is 35.3 Å². The van der Waals surface area contributed by atoms with Crippen molar-refractivity contribution in [1.29, 1.82) is 0 Å². The number of nitrogens with two attached hydrogens (primary N) is 1. The van der Waals surface area contributed by atoms with Gasteiger partial charge in [0.1, 0.15) is 39.5 Å². The number of hydrogen-bond acceptors (Lipinski definition) is 8. The monoisotopic (exact) mass is 488 g/mol. The largest absolute Gasteiger partial charge is 0.398 e. The molecule has 11 heteroatoms. The zero-order valence-corrected chi connectivity index (χ0v) is 19.7. The highest BCUT2D eigenvalue weighted by Crippen LogP contribution is 2.52. The number of nitrogens with zero attached hydrogens (tertiary/aromatic N) is 5. The summed E-state index contributed by atoms with van der Waals surface area (Å²) in [5.41, 5.74) is 6.97. The lowest BCUT2D eigenvalue weighted by molar-refractivity contribution is 0.212. The Bertz CT molecular complexity index is 1190. The first-order valence-electron chi connectivity index (χ1n) is 10.2. The van der Waals surface area contributed by atoms with Crippen LogP contribution < -0.4 is 10.7 Å². The van der Waals surface area contributed by atoms with Gasteiger partial charge in [-0.15, -0.1) is 10.2 Å². The minimum atomic E-state index is -0.769. The zero-order valence-electron chi connectivity index (χ0n) is 18.0. The molecule has 0 bridgehead atoms. The molecule has 1 unspecified atom stereocenters. The fourth-order valence-electron chi connectivity index (χ4n) is 3.59. The summed E-state index contributed by atoms with van der Waals surface area (Å²) in [4.78, 5) is 3.99. The van der Waals surface area contributed by atoms with E-state index in [9.17, 15) is 8.78 Å². The number of anilines is 1. The fourth-order valence-corrected chi connectivity index (χ4v) is 5.78. The molecule has 1 aromatic heterocycles. The molecule has 0 saturated heterocycles. The summed E-state index contributed by atoms with van der Waals surface area (Å²) in [5.74, 6) is -0.704. The first-order chi connectivity index (χ1) is 15.9. The van der Waals surface area contributed by atoms with Gasteiger partial charge in [-0.3, -0.25) is 0 Å². The highest BCUT2D eigenvalue weighted by molar-refractivity contribution is 8.15. The van der Waals surface area contributed by atoms with Gasteiger partial charge in [0.2, 0.25) is 5.13 Å². The van der Waals surface area contributed by atoms with Crippen LogP contribution in [0.5, 0.6) is 0 Å². The third kappa shape index (κ3) is 4.83. The van der Waals surface area contributed by atoms with E-state index < -0.39 is 16.5 Å². The van der Waals surface area contributed by atoms with Gasteiger partial charge in [0, 0.05) is 12.0 Å². The number of rotatable bonds is 8. The quantitative estimate of drug-likeness (QED) is 0.273. The van der Waals surface area contributed by atoms with Crippen LogP contribution >= 0.6 is 23.1 Å². The Morgan fingerprint density at radius 1 is 1.18 bits per heavy atom. The number of thioether (sulfide) groups is 1. The molecule has 33 heavy (non-hydrogen) atoms. The second-order valence-corrected chi connectivity index (χ2v) is 9.74. The van der Waals surface area contributed by atoms with Crippen LogP contribution in [0.4, 0.5) is 13.9 Å². The summed E-state index contributed by atoms with van der Waals surface area (Å²) in [6.07, 6.45) is 1.71. The molecule has 2 aromatic carbocycles. The van der Waals surface area contributed by atoms with Crippen LogP contribution in [0.25, 0.3) is 0 Å². The van der Waals surface area contributed by atoms with Gasteiger partial charge in [0.25, 0.3) is 0 Å². The molecule has 3 aromatic rings. The fraction of sp³-hybridized carbons (Fsp3) is 0.273. The minimum Gasteiger partial charge on any atom is -0.398 e. The Balaban J connectivity index is 1.80. The van der Waals surface area contributed by atoms with Crippen molar-refractivity contribution in [3.05, 3.63) is 76.3 Å². The van der Waals surface area contributed by atoms with Crippen molar-refractivity contribution in [3.63, 3.8) is 0 Å². The normalized spacial score (nSPS) is 18.5. The Kier molecular flexibility index (Phi) is 6.89. The van der Waals surface area contributed by atoms with Crippen LogP contribution in [-0.2, 0) is 9.71 Å². The van der Waals surface area contributed by atoms with Crippen LogP contribution in [0, 0.1) is 18.6 Å². The molecule has 4 rings (SSSR count). The Labute approximate surface area is 198 Å². The maximum Gasteiger partial charge on any atom is 0.230 e. The number of oxime groups is 1. The predicted molar refractivity (Wildman–Crippen MR) is 128 cm³/mol. The molecule has 1 atom stereocenters. The SMILES string of the molecule is CO/N=C(\N)CCCC1(c2ccccc2)SC(c2cc(F)ccc2F)=NN1c1nnc(C)s1. The highest BCUT2D eigenvalue weighted by atomic mass is 32.2. The van der Waals surface area contributed by atoms with Gasteiger partial charge < -0.3 is 10.6 Å². The summed E-state index contributed by atoms with van der Waals surface area (Å²) in [6, 6.07) is 13.1. The van der Waals surface area contributed by atoms with Gasteiger partial charge in [0.15, 0.2) is 0 Å². The van der Waals surface area contributed by atoms with Crippen LogP contribution in [-0.4, -0.2) is 28.2 Å². The number of aryl methyl sites for hydroxylation is 1. The Morgan fingerprint density at radius 2 is 1.97 bits per heavy atom. The van der Waals surface area contributed by atoms with E-state index >= 15 is 0 Å². The van der Waals surface area contributed by atoms with Gasteiger partial charge in [-0.2, -0.15) is 5.10 Å². The molecule has 0 fully saturated rings. The number of hydrazone groups is 1. The molecule has 0 radical (unpaired) electrons. The summed E-state index contributed by atoms with van der Waals surface area (Å²) in [5, 5.41) is 20.4. The summed E-state index contributed by atoms with van der Waals surface area (Å²) in [6.45, 7) is 1.85. The van der Waals surface area contributed by atoms with Crippen molar-refractivity contribution in [2.45, 2.75) is 31.1 Å². The van der Waals surface area contributed by atoms with E-state index in [-0.39, 0.29) is 5.56 Å². The van der Waals surface area contributed by atoms with Gasteiger partial charge in [0.05, 0.1) is 0 Å². The molecular weight excluding hydrogens is 466 g/mol. The first kappa shape index (κ1) is 23.1. The minimum absolute atomic E-state index is 0.101. The van der Waals surface area contributed by atoms with E-state index in [0.717, 1.165) is 28.8 Å². The maximum absolute atomic E-state index is 14.7. The molecular formula is C22H22F2N6OS2. The molecule has 1 aliphatic heterocycles. The number of halogens is 2. The molecule has 0 aliphatic carbocycles. The van der Waals surface area contributed by atoms with Crippen molar-refractivity contribution < 1.29 is 13.6 Å². The van der Waals surface area contributed by atoms with E-state index in [1.807, 2.05) is 37.3 Å². The summed E-state index contributed by atoms with van der Waals surface area (Å²) >= 11 is 2.74. The second-order valence-electron chi connectivity index (χ2n) is 7.32. The van der Waals surface area contributed by atoms with E-state index in [1.54, 1.807) is 5.01 Å². The maximum atomic E-state index is 14.7. The third-order valence-electron chi connectivity index (χ3n) is 5.04. The molecule has 172 valence electrons. The number of hydrogen-bond donors (Lipinski definition) is 1. The molecule has 1 aliphatic rings. The van der Waals surface area contributed by atoms with Gasteiger partial charge >= 0.3 is 0 Å². The molecule has 2 heterocycles. The van der Waals surface area contributed by atoms with Crippen molar-refractivity contribution in [2.24, 2.45) is 16.0 Å². The molecule has 0 amide bonds. The molecule has 2 N–H and O–H groups in total. The highest BCUT2D eigenvalue weighted by Gasteiger charge is 2.47. The van der Waals surface area contributed by atoms with Crippen LogP contribution in [0.15, 0.2) is 58.8 Å². The summed E-state index contributed by atoms with van der Waals surface area (Å²) < 4.78 is 28.7. The average Bonchev–Trinajstić information content (AvgIpc) is 3.40. The van der Waals surface area contributed by atoms with Crippen molar-refractivity contribution >= 4 is 39.1 Å². The zero-order chi connectivity index (χ0) is 23.4. The smallest absolute Gasteiger partial charge is 0.230 e. The van der Waals surface area contributed by atoms with Crippen molar-refractivity contribution in [2.75, 3.05) is 12.1 Å². The number of benzene rings is 2. The molecule has 0 saturated carbocycles. The topological polar surface area (TPSA) is 89.0 Å². The predicted octanol–water partition coefficient (Wildman–Crippen LogP) is 4.98. The lowest BCUT2D eigenvalue weighted by Crippen LogP contribution is -2.37. The number of amidine groups is 1. The Hall–Kier alpha value is -3.05. The van der Waals surface area contributed by atoms with Crippen molar-refractivity contribution in [3.8, 4) is 0 Å². The first-order valence-corrected chi connectivity index (χ1v) is 11.8. The lowest BCUT2D eigenvalue weighted by atomic mass is 9.99. The van der Waals surface area contributed by atoms with Crippen LogP contribution in [0.3, 0.4) is 0 Å². The van der Waals surface area contributed by atoms with E-state index in [4.69, 9.17) is 15.7 Å². The van der Waals surface area contributed by atoms with E-state index in [2.05, 4.69) is 15.4 Å². The van der Waals surface area contributed by atoms with Crippen molar-refractivity contribution in [1.82, 2.24) is 10.2 Å². The van der Waals surface area contributed by atoms with Gasteiger partial charge in [-0.1, -0.05) is 58.6 Å². The van der Waals surface area contributed by atoms with E-state index in [1.165, 1.54) is 30.2 Å². The number of aromatic nitrogens is 2. The van der Waals surface area contributed by atoms with Gasteiger partial charge in [-0.25, -0.2) is 13.8 Å². The third-order valence-corrected chi connectivity index (χ3v) is 7.30. The Morgan fingerprint density at radius 3 is 2.67 bits per heavy atom. The summed E-state index contributed by atoms with van der Waals surface area (Å²) in [7, 11) is 1.44. The lowest BCUT2D eigenvalue weighted by Gasteiger charge is -2.35. The molecule has 0 spiro atoms. The average molecular weight is 489 g/mol. The van der Waals surface area contributed by atoms with Gasteiger partial charge in [-0.05, 0) is 43.5 Å². The molecule has 7 nitrogen and oxygen atoms in total.